The van der Waals surface area contributed by atoms with Gasteiger partial charge in [-0.15, -0.1) is 11.6 Å². The summed E-state index contributed by atoms with van der Waals surface area (Å²) in [4.78, 5) is 23.5. The second-order valence-electron chi connectivity index (χ2n) is 5.04. The number of hydrogen-bond acceptors (Lipinski definition) is 2. The van der Waals surface area contributed by atoms with Gasteiger partial charge in [-0.05, 0) is 38.1 Å². The van der Waals surface area contributed by atoms with Gasteiger partial charge in [-0.3, -0.25) is 9.59 Å². The van der Waals surface area contributed by atoms with Crippen LogP contribution in [-0.4, -0.2) is 30.8 Å². The van der Waals surface area contributed by atoms with Gasteiger partial charge in [-0.1, -0.05) is 11.6 Å². The molecule has 0 aromatic heterocycles. The zero-order valence-corrected chi connectivity index (χ0v) is 13.0. The van der Waals surface area contributed by atoms with Crippen LogP contribution in [0.3, 0.4) is 0 Å². The van der Waals surface area contributed by atoms with E-state index in [0.717, 1.165) is 0 Å². The van der Waals surface area contributed by atoms with E-state index in [4.69, 9.17) is 23.2 Å². The van der Waals surface area contributed by atoms with E-state index < -0.39 is 5.41 Å². The minimum atomic E-state index is -0.609. The van der Waals surface area contributed by atoms with Crippen LogP contribution in [0.5, 0.6) is 0 Å². The van der Waals surface area contributed by atoms with E-state index >= 15 is 0 Å². The number of benzene rings is 1. The molecule has 20 heavy (non-hydrogen) atoms. The Labute approximate surface area is 128 Å². The number of carbonyl (C=O) groups is 2. The van der Waals surface area contributed by atoms with Crippen molar-refractivity contribution in [3.05, 3.63) is 34.9 Å². The lowest BCUT2D eigenvalue weighted by Gasteiger charge is -2.20. The maximum Gasteiger partial charge on any atom is 0.251 e. The van der Waals surface area contributed by atoms with Crippen molar-refractivity contribution in [2.75, 3.05) is 19.0 Å². The monoisotopic (exact) mass is 316 g/mol. The molecule has 2 amide bonds. The largest absolute Gasteiger partial charge is 0.354 e. The van der Waals surface area contributed by atoms with E-state index in [2.05, 4.69) is 10.6 Å². The van der Waals surface area contributed by atoms with Crippen LogP contribution in [0.15, 0.2) is 24.3 Å². The lowest BCUT2D eigenvalue weighted by atomic mass is 9.95. The van der Waals surface area contributed by atoms with Gasteiger partial charge in [0.15, 0.2) is 0 Å². The Morgan fingerprint density at radius 3 is 2.20 bits per heavy atom. The standard InChI is InChI=1S/C14H18Cl2N2O2/c1-14(2,9-15)13(20)18-8-7-17-12(19)10-3-5-11(16)6-4-10/h3-6H,7-9H2,1-2H3,(H,17,19)(H,18,20). The van der Waals surface area contributed by atoms with Gasteiger partial charge in [0, 0.05) is 29.6 Å². The molecule has 0 aliphatic carbocycles. The first-order valence-electron chi connectivity index (χ1n) is 6.25. The first-order chi connectivity index (χ1) is 9.36. The van der Waals surface area contributed by atoms with Gasteiger partial charge in [0.2, 0.25) is 5.91 Å². The zero-order valence-electron chi connectivity index (χ0n) is 11.5. The van der Waals surface area contributed by atoms with Gasteiger partial charge in [0.05, 0.1) is 5.41 Å². The van der Waals surface area contributed by atoms with Crippen LogP contribution >= 0.6 is 23.2 Å². The van der Waals surface area contributed by atoms with E-state index in [9.17, 15) is 9.59 Å². The van der Waals surface area contributed by atoms with Crippen molar-refractivity contribution in [1.82, 2.24) is 10.6 Å². The van der Waals surface area contributed by atoms with Crippen LogP contribution in [0.1, 0.15) is 24.2 Å². The molecule has 6 heteroatoms. The van der Waals surface area contributed by atoms with Crippen LogP contribution in [0.25, 0.3) is 0 Å². The third-order valence-corrected chi connectivity index (χ3v) is 3.67. The SMILES string of the molecule is CC(C)(CCl)C(=O)NCCNC(=O)c1ccc(Cl)cc1. The van der Waals surface area contributed by atoms with Crippen LogP contribution < -0.4 is 10.6 Å². The van der Waals surface area contributed by atoms with Gasteiger partial charge in [-0.2, -0.15) is 0 Å². The van der Waals surface area contributed by atoms with E-state index in [1.165, 1.54) is 0 Å². The summed E-state index contributed by atoms with van der Waals surface area (Å²) in [6, 6.07) is 6.60. The topological polar surface area (TPSA) is 58.2 Å². The molecule has 0 unspecified atom stereocenters. The number of amides is 2. The highest BCUT2D eigenvalue weighted by atomic mass is 35.5. The molecular formula is C14H18Cl2N2O2. The normalized spacial score (nSPS) is 11.0. The predicted molar refractivity (Wildman–Crippen MR) is 81.3 cm³/mol. The van der Waals surface area contributed by atoms with Crippen molar-refractivity contribution in [3.63, 3.8) is 0 Å². The van der Waals surface area contributed by atoms with Gasteiger partial charge >= 0.3 is 0 Å². The lowest BCUT2D eigenvalue weighted by Crippen LogP contribution is -2.41. The summed E-state index contributed by atoms with van der Waals surface area (Å²) in [7, 11) is 0. The molecule has 0 aliphatic rings. The lowest BCUT2D eigenvalue weighted by molar-refractivity contribution is -0.128. The average molecular weight is 317 g/mol. The quantitative estimate of drug-likeness (QED) is 0.625. The van der Waals surface area contributed by atoms with Crippen molar-refractivity contribution in [2.24, 2.45) is 5.41 Å². The maximum atomic E-state index is 11.8. The molecule has 110 valence electrons. The smallest absolute Gasteiger partial charge is 0.251 e. The molecule has 0 saturated carbocycles. The Morgan fingerprint density at radius 1 is 1.10 bits per heavy atom. The molecule has 2 N–H and O–H groups in total. The molecule has 0 atom stereocenters. The minimum Gasteiger partial charge on any atom is -0.354 e. The van der Waals surface area contributed by atoms with Crippen molar-refractivity contribution < 1.29 is 9.59 Å². The van der Waals surface area contributed by atoms with Gasteiger partial charge < -0.3 is 10.6 Å². The summed E-state index contributed by atoms with van der Waals surface area (Å²) in [5, 5.41) is 6.02. The number of alkyl halides is 1. The molecule has 0 spiro atoms. The Bertz CT molecular complexity index is 473. The summed E-state index contributed by atoms with van der Waals surface area (Å²) >= 11 is 11.4. The number of rotatable bonds is 6. The number of nitrogens with one attached hydrogen (secondary N) is 2. The van der Waals surface area contributed by atoms with Gasteiger partial charge in [-0.25, -0.2) is 0 Å². The van der Waals surface area contributed by atoms with Crippen molar-refractivity contribution >= 4 is 35.0 Å². The molecule has 1 aromatic carbocycles. The molecule has 0 saturated heterocycles. The summed E-state index contributed by atoms with van der Waals surface area (Å²) in [6.45, 7) is 4.24. The minimum absolute atomic E-state index is 0.131. The zero-order chi connectivity index (χ0) is 15.2. The highest BCUT2D eigenvalue weighted by Crippen LogP contribution is 2.16. The number of halogens is 2. The third-order valence-electron chi connectivity index (χ3n) is 2.75. The molecule has 0 radical (unpaired) electrons. The van der Waals surface area contributed by atoms with Crippen LogP contribution in [-0.2, 0) is 4.79 Å². The number of carbonyl (C=O) groups excluding carboxylic acids is 2. The predicted octanol–water partition coefficient (Wildman–Crippen LogP) is 2.45. The first kappa shape index (κ1) is 16.8. The van der Waals surface area contributed by atoms with E-state index in [0.29, 0.717) is 23.7 Å². The van der Waals surface area contributed by atoms with Gasteiger partial charge in [0.1, 0.15) is 0 Å². The summed E-state index contributed by atoms with van der Waals surface area (Å²) < 4.78 is 0. The first-order valence-corrected chi connectivity index (χ1v) is 7.16. The van der Waals surface area contributed by atoms with Crippen LogP contribution in [0.4, 0.5) is 0 Å². The highest BCUT2D eigenvalue weighted by molar-refractivity contribution is 6.30. The molecule has 4 nitrogen and oxygen atoms in total. The van der Waals surface area contributed by atoms with Crippen LogP contribution in [0.2, 0.25) is 5.02 Å². The molecule has 0 bridgehead atoms. The fourth-order valence-corrected chi connectivity index (χ4v) is 1.60. The molecule has 1 rings (SSSR count). The van der Waals surface area contributed by atoms with Crippen molar-refractivity contribution in [2.45, 2.75) is 13.8 Å². The van der Waals surface area contributed by atoms with Crippen LogP contribution in [0, 0.1) is 5.41 Å². The summed E-state index contributed by atoms with van der Waals surface area (Å²) in [6.07, 6.45) is 0. The second-order valence-corrected chi connectivity index (χ2v) is 5.74. The third kappa shape index (κ3) is 5.02. The highest BCUT2D eigenvalue weighted by Gasteiger charge is 2.25. The molecule has 0 heterocycles. The molecule has 0 fully saturated rings. The fraction of sp³-hybridized carbons (Fsp3) is 0.429. The molecule has 0 aliphatic heterocycles. The van der Waals surface area contributed by atoms with Crippen molar-refractivity contribution in [1.29, 1.82) is 0 Å². The molecular weight excluding hydrogens is 299 g/mol. The summed E-state index contributed by atoms with van der Waals surface area (Å²) in [5.41, 5.74) is -0.0799. The Hall–Kier alpha value is -1.26. The van der Waals surface area contributed by atoms with E-state index in [-0.39, 0.29) is 17.7 Å². The van der Waals surface area contributed by atoms with Crippen molar-refractivity contribution in [3.8, 4) is 0 Å². The van der Waals surface area contributed by atoms with E-state index in [1.807, 2.05) is 0 Å². The Morgan fingerprint density at radius 2 is 1.65 bits per heavy atom. The Balaban J connectivity index is 2.33. The number of hydrogen-bond donors (Lipinski definition) is 2. The second kappa shape index (κ2) is 7.50. The fourth-order valence-electron chi connectivity index (χ4n) is 1.36. The van der Waals surface area contributed by atoms with E-state index in [1.54, 1.807) is 38.1 Å². The average Bonchev–Trinajstić information content (AvgIpc) is 2.43. The van der Waals surface area contributed by atoms with Gasteiger partial charge in [0.25, 0.3) is 5.91 Å². The Kier molecular flexibility index (Phi) is 6.30. The maximum absolute atomic E-state index is 11.8. The molecule has 1 aromatic rings. The summed E-state index contributed by atoms with van der Waals surface area (Å²) in [5.74, 6) is -0.0866.